The lowest BCUT2D eigenvalue weighted by Gasteiger charge is -2.37. The first-order chi connectivity index (χ1) is 31.5. The number of carbonyl (C=O) groups excluding carboxylic acids is 1. The number of amides is 1. The zero-order valence-electron chi connectivity index (χ0n) is 36.5. The first-order valence-corrected chi connectivity index (χ1v) is 24.9. The van der Waals surface area contributed by atoms with Crippen LogP contribution in [0.2, 0.25) is 18.6 Å². The molecule has 1 fully saturated rings. The molecule has 0 bridgehead atoms. The van der Waals surface area contributed by atoms with Crippen molar-refractivity contribution < 1.29 is 19.4 Å². The van der Waals surface area contributed by atoms with Crippen molar-refractivity contribution in [2.45, 2.75) is 63.2 Å². The summed E-state index contributed by atoms with van der Waals surface area (Å²) in [5.74, 6) is 0.254. The third kappa shape index (κ3) is 7.06. The summed E-state index contributed by atoms with van der Waals surface area (Å²) in [5, 5.41) is 31.0. The molecule has 65 heavy (non-hydrogen) atoms. The minimum Gasteiger partial charge on any atom is -0.497 e. The average molecular weight is 885 g/mol. The monoisotopic (exact) mass is 884 g/mol. The second-order valence-corrected chi connectivity index (χ2v) is 22.2. The number of anilines is 1. The minimum absolute atomic E-state index is 0.0269. The molecule has 2 aliphatic heterocycles. The smallest absolute Gasteiger partial charge is 0.279 e. The normalized spacial score (nSPS) is 19.4. The summed E-state index contributed by atoms with van der Waals surface area (Å²) in [7, 11) is -0.847. The maximum Gasteiger partial charge on any atom is 0.279 e. The lowest BCUT2D eigenvalue weighted by atomic mass is 9.82. The maximum absolute atomic E-state index is 15.7. The van der Waals surface area contributed by atoms with Crippen molar-refractivity contribution in [2.24, 2.45) is 5.92 Å². The van der Waals surface area contributed by atoms with E-state index in [2.05, 4.69) is 52.7 Å². The molecule has 328 valence electrons. The van der Waals surface area contributed by atoms with E-state index < -0.39 is 13.7 Å². The largest absolute Gasteiger partial charge is 0.497 e. The van der Waals surface area contributed by atoms with E-state index in [9.17, 15) is 14.7 Å². The molecule has 2 aliphatic rings. The van der Waals surface area contributed by atoms with Crippen molar-refractivity contribution in [3.05, 3.63) is 171 Å². The van der Waals surface area contributed by atoms with Gasteiger partial charge in [-0.2, -0.15) is 19.6 Å². The van der Waals surface area contributed by atoms with Crippen LogP contribution in [0, 0.1) is 5.92 Å². The summed E-state index contributed by atoms with van der Waals surface area (Å²) in [6.45, 7) is 7.49. The van der Waals surface area contributed by atoms with Crippen LogP contribution in [-0.2, 0) is 34.6 Å². The standard InChI is InChI=1S/C50H48N8O6Si/c1-32-46(65(3,4)40-20-18-39(63-2)19-21-40)45(23-25-55-31-36(24-26-59)53-54-55)64-50(32)43-27-38(58-48(61)42-12-8-6-10-35(42)29-52-58)17-22-44(43)56(49(50)62)30-33-13-15-37(16-14-33)57-47(60)41-11-7-5-9-34(41)28-51-57/h5-22,27-29,31-32,45-46,59H,23-26,30H2,1-4H3/t32-,45+,46-,50+/m0/s1. The Morgan fingerprint density at radius 2 is 1.43 bits per heavy atom. The number of fused-ring (bicyclic) bond motifs is 4. The van der Waals surface area contributed by atoms with Gasteiger partial charge in [0, 0.05) is 48.0 Å². The number of hydrogen-bond donors (Lipinski definition) is 1. The molecule has 0 unspecified atom stereocenters. The fourth-order valence-electron chi connectivity index (χ4n) is 10.3. The van der Waals surface area contributed by atoms with Crippen LogP contribution in [0.5, 0.6) is 5.75 Å². The Morgan fingerprint density at radius 1 is 0.800 bits per heavy atom. The van der Waals surface area contributed by atoms with Crippen LogP contribution in [0.3, 0.4) is 0 Å². The molecule has 14 nitrogen and oxygen atoms in total. The van der Waals surface area contributed by atoms with Gasteiger partial charge in [-0.3, -0.25) is 19.1 Å². The van der Waals surface area contributed by atoms with Gasteiger partial charge in [-0.25, -0.2) is 0 Å². The van der Waals surface area contributed by atoms with Crippen molar-refractivity contribution in [1.29, 1.82) is 0 Å². The van der Waals surface area contributed by atoms with Crippen molar-refractivity contribution in [3.8, 4) is 17.1 Å². The Labute approximate surface area is 375 Å². The van der Waals surface area contributed by atoms with E-state index in [-0.39, 0.29) is 47.7 Å². The van der Waals surface area contributed by atoms with Crippen molar-refractivity contribution >= 4 is 46.4 Å². The number of hydrogen-bond acceptors (Lipinski definition) is 10. The summed E-state index contributed by atoms with van der Waals surface area (Å²) in [6.07, 6.45) is 5.78. The zero-order chi connectivity index (χ0) is 45.0. The Bertz CT molecular complexity index is 3220. The number of carbonyl (C=O) groups is 1. The molecule has 5 heterocycles. The molecule has 1 spiro atoms. The molecule has 1 amide bonds. The number of aliphatic hydroxyl groups excluding tert-OH is 1. The fraction of sp³-hybridized carbons (Fsp3) is 0.260. The Balaban J connectivity index is 1.08. The lowest BCUT2D eigenvalue weighted by molar-refractivity contribution is -0.146. The van der Waals surface area contributed by atoms with Gasteiger partial charge in [0.1, 0.15) is 5.75 Å². The third-order valence-electron chi connectivity index (χ3n) is 13.6. The first-order valence-electron chi connectivity index (χ1n) is 21.8. The third-order valence-corrected chi connectivity index (χ3v) is 17.9. The number of aryl methyl sites for hydroxylation is 1. The molecule has 0 aliphatic carbocycles. The molecular weight excluding hydrogens is 837 g/mol. The van der Waals surface area contributed by atoms with Crippen LogP contribution in [0.4, 0.5) is 5.69 Å². The number of benzene rings is 5. The first kappa shape index (κ1) is 41.9. The summed E-state index contributed by atoms with van der Waals surface area (Å²) in [6, 6.07) is 36.1. The quantitative estimate of drug-likeness (QED) is 0.143. The SMILES string of the molecule is COc1ccc([Si](C)(C)[C@@H]2[C@@H](CCn3cc(CCO)nn3)O[C@]3(C(=O)N(Cc4ccc(-n5ncc6ccccc6c5=O)cc4)c4ccc(-n5ncc6ccccc6c5=O)cc43)[C@H]2C)cc1. The predicted octanol–water partition coefficient (Wildman–Crippen LogP) is 6.07. The van der Waals surface area contributed by atoms with Crippen LogP contribution in [0.25, 0.3) is 32.9 Å². The second-order valence-electron chi connectivity index (χ2n) is 17.5. The highest BCUT2D eigenvalue weighted by Gasteiger charge is 2.66. The second kappa shape index (κ2) is 16.5. The summed E-state index contributed by atoms with van der Waals surface area (Å²) in [4.78, 5) is 45.0. The van der Waals surface area contributed by atoms with Gasteiger partial charge < -0.3 is 19.5 Å². The molecule has 1 saturated heterocycles. The van der Waals surface area contributed by atoms with Gasteiger partial charge in [-0.1, -0.05) is 91.1 Å². The Kier molecular flexibility index (Phi) is 10.6. The van der Waals surface area contributed by atoms with Gasteiger partial charge in [0.25, 0.3) is 17.0 Å². The minimum atomic E-state index is -2.50. The Hall–Kier alpha value is -7.07. The number of aliphatic hydroxyl groups is 1. The van der Waals surface area contributed by atoms with Crippen molar-refractivity contribution in [1.82, 2.24) is 34.6 Å². The topological polar surface area (TPSA) is 159 Å². The highest BCUT2D eigenvalue weighted by Crippen LogP contribution is 2.60. The van der Waals surface area contributed by atoms with E-state index in [1.807, 2.05) is 97.2 Å². The Morgan fingerprint density at radius 3 is 2.08 bits per heavy atom. The lowest BCUT2D eigenvalue weighted by Crippen LogP contribution is -2.51. The van der Waals surface area contributed by atoms with E-state index in [0.29, 0.717) is 58.5 Å². The van der Waals surface area contributed by atoms with E-state index >= 15 is 4.79 Å². The van der Waals surface area contributed by atoms with E-state index in [1.54, 1.807) is 41.2 Å². The molecule has 1 N–H and O–H groups in total. The average Bonchev–Trinajstić information content (AvgIpc) is 3.98. The van der Waals surface area contributed by atoms with Gasteiger partial charge in [0.05, 0.1) is 73.8 Å². The van der Waals surface area contributed by atoms with Gasteiger partial charge in [0.15, 0.2) is 5.60 Å². The van der Waals surface area contributed by atoms with E-state index in [0.717, 1.165) is 22.1 Å². The van der Waals surface area contributed by atoms with Crippen LogP contribution >= 0.6 is 0 Å². The molecule has 0 saturated carbocycles. The predicted molar refractivity (Wildman–Crippen MR) is 251 cm³/mol. The van der Waals surface area contributed by atoms with Gasteiger partial charge in [-0.05, 0) is 72.1 Å². The molecule has 10 rings (SSSR count). The molecule has 8 aromatic rings. The molecule has 3 aromatic heterocycles. The number of methoxy groups -OCH3 is 1. The summed E-state index contributed by atoms with van der Waals surface area (Å²) < 4.78 is 17.5. The van der Waals surface area contributed by atoms with Crippen LogP contribution in [-0.4, -0.2) is 73.5 Å². The molecular formula is C50H48N8O6Si. The van der Waals surface area contributed by atoms with Crippen LogP contribution in [0.15, 0.2) is 143 Å². The van der Waals surface area contributed by atoms with Gasteiger partial charge in [0.2, 0.25) is 0 Å². The maximum atomic E-state index is 15.7. The summed E-state index contributed by atoms with van der Waals surface area (Å²) in [5.41, 5.74) is 2.05. The van der Waals surface area contributed by atoms with Crippen LogP contribution in [0.1, 0.15) is 30.2 Å². The van der Waals surface area contributed by atoms with Crippen molar-refractivity contribution in [3.63, 3.8) is 0 Å². The molecule has 0 radical (unpaired) electrons. The van der Waals surface area contributed by atoms with E-state index in [4.69, 9.17) is 9.47 Å². The highest BCUT2D eigenvalue weighted by molar-refractivity contribution is 6.91. The van der Waals surface area contributed by atoms with E-state index in [1.165, 1.54) is 14.6 Å². The molecule has 5 aromatic carbocycles. The number of ether oxygens (including phenoxy) is 2. The number of nitrogens with zero attached hydrogens (tertiary/aromatic N) is 8. The van der Waals surface area contributed by atoms with Crippen LogP contribution < -0.4 is 25.9 Å². The van der Waals surface area contributed by atoms with Gasteiger partial charge >= 0.3 is 0 Å². The summed E-state index contributed by atoms with van der Waals surface area (Å²) >= 11 is 0. The highest BCUT2D eigenvalue weighted by atomic mass is 28.3. The van der Waals surface area contributed by atoms with Crippen molar-refractivity contribution in [2.75, 3.05) is 18.6 Å². The molecule has 4 atom stereocenters. The zero-order valence-corrected chi connectivity index (χ0v) is 37.5. The van der Waals surface area contributed by atoms with Gasteiger partial charge in [-0.15, -0.1) is 5.10 Å². The number of aromatic nitrogens is 7. The number of rotatable bonds is 12. The molecule has 15 heteroatoms. The fourth-order valence-corrected chi connectivity index (χ4v) is 14.3.